The van der Waals surface area contributed by atoms with Crippen molar-refractivity contribution >= 4 is 17.2 Å². The van der Waals surface area contributed by atoms with Crippen molar-refractivity contribution < 1.29 is 4.39 Å². The summed E-state index contributed by atoms with van der Waals surface area (Å²) >= 11 is 0. The molecule has 4 rings (SSSR count). The summed E-state index contributed by atoms with van der Waals surface area (Å²) in [6.45, 7) is 0. The Morgan fingerprint density at radius 1 is 0.826 bits per heavy atom. The summed E-state index contributed by atoms with van der Waals surface area (Å²) in [4.78, 5) is 4.72. The van der Waals surface area contributed by atoms with Crippen LogP contribution in [0.1, 0.15) is 0 Å². The third-order valence-electron chi connectivity index (χ3n) is 3.68. The van der Waals surface area contributed by atoms with E-state index in [0.717, 1.165) is 28.4 Å². The SMILES string of the molecule is Fc1ccc(Nc2c(-c3ccccc3)nc3ccccn23)cc1. The van der Waals surface area contributed by atoms with Crippen LogP contribution in [0.25, 0.3) is 16.9 Å². The molecule has 2 heterocycles. The predicted octanol–water partition coefficient (Wildman–Crippen LogP) is 4.88. The van der Waals surface area contributed by atoms with E-state index in [1.54, 1.807) is 12.1 Å². The fraction of sp³-hybridized carbons (Fsp3) is 0. The Labute approximate surface area is 133 Å². The van der Waals surface area contributed by atoms with E-state index in [9.17, 15) is 4.39 Å². The van der Waals surface area contributed by atoms with Crippen LogP contribution < -0.4 is 5.32 Å². The Morgan fingerprint density at radius 3 is 2.35 bits per heavy atom. The molecule has 0 saturated carbocycles. The number of fused-ring (bicyclic) bond motifs is 1. The van der Waals surface area contributed by atoms with E-state index < -0.39 is 0 Å². The van der Waals surface area contributed by atoms with E-state index in [1.807, 2.05) is 59.1 Å². The summed E-state index contributed by atoms with van der Waals surface area (Å²) in [6.07, 6.45) is 1.96. The highest BCUT2D eigenvalue weighted by molar-refractivity contribution is 5.79. The van der Waals surface area contributed by atoms with Crippen molar-refractivity contribution in [1.29, 1.82) is 0 Å². The Morgan fingerprint density at radius 2 is 1.57 bits per heavy atom. The van der Waals surface area contributed by atoms with E-state index in [1.165, 1.54) is 12.1 Å². The van der Waals surface area contributed by atoms with E-state index in [-0.39, 0.29) is 5.82 Å². The second kappa shape index (κ2) is 5.57. The molecule has 23 heavy (non-hydrogen) atoms. The van der Waals surface area contributed by atoms with Gasteiger partial charge in [-0.1, -0.05) is 36.4 Å². The molecule has 3 nitrogen and oxygen atoms in total. The molecule has 4 heteroatoms. The zero-order valence-corrected chi connectivity index (χ0v) is 12.3. The van der Waals surface area contributed by atoms with Crippen LogP contribution in [0.15, 0.2) is 79.0 Å². The number of rotatable bonds is 3. The van der Waals surface area contributed by atoms with E-state index in [0.29, 0.717) is 0 Å². The van der Waals surface area contributed by atoms with E-state index >= 15 is 0 Å². The molecule has 0 unspecified atom stereocenters. The lowest BCUT2D eigenvalue weighted by atomic mass is 10.1. The Hall–Kier alpha value is -3.14. The lowest BCUT2D eigenvalue weighted by Gasteiger charge is -2.09. The lowest BCUT2D eigenvalue weighted by Crippen LogP contribution is -1.96. The Kier molecular flexibility index (Phi) is 3.27. The average Bonchev–Trinajstić information content (AvgIpc) is 2.96. The van der Waals surface area contributed by atoms with Crippen LogP contribution in [-0.4, -0.2) is 9.38 Å². The van der Waals surface area contributed by atoms with Gasteiger partial charge in [-0.2, -0.15) is 0 Å². The first kappa shape index (κ1) is 13.5. The molecule has 0 atom stereocenters. The number of aromatic nitrogens is 2. The fourth-order valence-corrected chi connectivity index (χ4v) is 2.58. The van der Waals surface area contributed by atoms with E-state index in [2.05, 4.69) is 5.32 Å². The van der Waals surface area contributed by atoms with Crippen molar-refractivity contribution in [2.24, 2.45) is 0 Å². The highest BCUT2D eigenvalue weighted by Gasteiger charge is 2.13. The predicted molar refractivity (Wildman–Crippen MR) is 90.3 cm³/mol. The first-order valence-corrected chi connectivity index (χ1v) is 7.36. The number of nitrogens with zero attached hydrogens (tertiary/aromatic N) is 2. The molecular weight excluding hydrogens is 289 g/mol. The summed E-state index contributed by atoms with van der Waals surface area (Å²) in [6, 6.07) is 22.2. The van der Waals surface area contributed by atoms with Crippen LogP contribution in [0.2, 0.25) is 0 Å². The second-order valence-corrected chi connectivity index (χ2v) is 5.24. The maximum atomic E-state index is 13.1. The van der Waals surface area contributed by atoms with Gasteiger partial charge in [0.1, 0.15) is 23.0 Å². The minimum absolute atomic E-state index is 0.253. The highest BCUT2D eigenvalue weighted by atomic mass is 19.1. The van der Waals surface area contributed by atoms with Crippen LogP contribution in [0.5, 0.6) is 0 Å². The van der Waals surface area contributed by atoms with Gasteiger partial charge in [-0.05, 0) is 36.4 Å². The molecule has 0 saturated heterocycles. The van der Waals surface area contributed by atoms with Crippen molar-refractivity contribution in [3.05, 3.63) is 84.8 Å². The number of benzene rings is 2. The monoisotopic (exact) mass is 303 g/mol. The van der Waals surface area contributed by atoms with Gasteiger partial charge in [-0.3, -0.25) is 4.40 Å². The topological polar surface area (TPSA) is 29.3 Å². The maximum Gasteiger partial charge on any atom is 0.143 e. The molecule has 112 valence electrons. The van der Waals surface area contributed by atoms with Gasteiger partial charge in [-0.25, -0.2) is 9.37 Å². The Bertz CT molecular complexity index is 943. The number of nitrogens with one attached hydrogen (secondary N) is 1. The number of halogens is 1. The molecule has 0 fully saturated rings. The first-order valence-electron chi connectivity index (χ1n) is 7.36. The molecular formula is C19H14FN3. The van der Waals surface area contributed by atoms with Crippen LogP contribution in [-0.2, 0) is 0 Å². The third kappa shape index (κ3) is 2.55. The van der Waals surface area contributed by atoms with Crippen molar-refractivity contribution in [3.63, 3.8) is 0 Å². The molecule has 1 N–H and O–H groups in total. The van der Waals surface area contributed by atoms with Crippen molar-refractivity contribution in [2.75, 3.05) is 5.32 Å². The van der Waals surface area contributed by atoms with Gasteiger partial charge in [0, 0.05) is 17.4 Å². The molecule has 2 aromatic heterocycles. The minimum atomic E-state index is -0.253. The number of hydrogen-bond donors (Lipinski definition) is 1. The van der Waals surface area contributed by atoms with Gasteiger partial charge < -0.3 is 5.32 Å². The van der Waals surface area contributed by atoms with Crippen molar-refractivity contribution in [3.8, 4) is 11.3 Å². The quantitative estimate of drug-likeness (QED) is 0.584. The minimum Gasteiger partial charge on any atom is -0.339 e. The maximum absolute atomic E-state index is 13.1. The van der Waals surface area contributed by atoms with Crippen LogP contribution in [0, 0.1) is 5.82 Å². The summed E-state index contributed by atoms with van der Waals surface area (Å²) < 4.78 is 15.1. The van der Waals surface area contributed by atoms with E-state index in [4.69, 9.17) is 4.98 Å². The molecule has 0 radical (unpaired) electrons. The summed E-state index contributed by atoms with van der Waals surface area (Å²) in [5.41, 5.74) is 3.56. The number of pyridine rings is 1. The first-order chi connectivity index (χ1) is 11.3. The standard InChI is InChI=1S/C19H14FN3/c20-15-9-11-16(12-10-15)21-19-18(14-6-2-1-3-7-14)22-17-8-4-5-13-23(17)19/h1-13,21H. The van der Waals surface area contributed by atoms with Gasteiger partial charge in [0.2, 0.25) is 0 Å². The molecule has 4 aromatic rings. The summed E-state index contributed by atoms with van der Waals surface area (Å²) in [5, 5.41) is 3.36. The van der Waals surface area contributed by atoms with Gasteiger partial charge in [0.25, 0.3) is 0 Å². The summed E-state index contributed by atoms with van der Waals surface area (Å²) in [5.74, 6) is 0.607. The Balaban J connectivity index is 1.87. The van der Waals surface area contributed by atoms with Crippen LogP contribution >= 0.6 is 0 Å². The van der Waals surface area contributed by atoms with Crippen molar-refractivity contribution in [2.45, 2.75) is 0 Å². The number of anilines is 2. The van der Waals surface area contributed by atoms with Gasteiger partial charge in [0.05, 0.1) is 0 Å². The highest BCUT2D eigenvalue weighted by Crippen LogP contribution is 2.30. The zero-order chi connectivity index (χ0) is 15.6. The molecule has 0 bridgehead atoms. The second-order valence-electron chi connectivity index (χ2n) is 5.24. The van der Waals surface area contributed by atoms with Crippen molar-refractivity contribution in [1.82, 2.24) is 9.38 Å². The number of hydrogen-bond acceptors (Lipinski definition) is 2. The molecule has 2 aromatic carbocycles. The van der Waals surface area contributed by atoms with Crippen LogP contribution in [0.3, 0.4) is 0 Å². The van der Waals surface area contributed by atoms with Crippen LogP contribution in [0.4, 0.5) is 15.9 Å². The molecule has 0 aliphatic rings. The number of imidazole rings is 1. The molecule has 0 aliphatic heterocycles. The third-order valence-corrected chi connectivity index (χ3v) is 3.68. The lowest BCUT2D eigenvalue weighted by molar-refractivity contribution is 0.628. The zero-order valence-electron chi connectivity index (χ0n) is 12.3. The van der Waals surface area contributed by atoms with Gasteiger partial charge in [-0.15, -0.1) is 0 Å². The molecule has 0 amide bonds. The normalized spacial score (nSPS) is 10.8. The molecule has 0 spiro atoms. The van der Waals surface area contributed by atoms with Gasteiger partial charge >= 0.3 is 0 Å². The summed E-state index contributed by atoms with van der Waals surface area (Å²) in [7, 11) is 0. The van der Waals surface area contributed by atoms with Gasteiger partial charge in [0.15, 0.2) is 0 Å². The molecule has 0 aliphatic carbocycles. The fourth-order valence-electron chi connectivity index (χ4n) is 2.58. The average molecular weight is 303 g/mol. The largest absolute Gasteiger partial charge is 0.339 e. The smallest absolute Gasteiger partial charge is 0.143 e.